The van der Waals surface area contributed by atoms with E-state index < -0.39 is 0 Å². The molecule has 0 radical (unpaired) electrons. The summed E-state index contributed by atoms with van der Waals surface area (Å²) in [5, 5.41) is 0. The van der Waals surface area contributed by atoms with Crippen LogP contribution in [0.5, 0.6) is 0 Å². The van der Waals surface area contributed by atoms with Crippen LogP contribution in [0.4, 0.5) is 0 Å². The van der Waals surface area contributed by atoms with Crippen LogP contribution in [0, 0.1) is 0 Å². The first-order valence-corrected chi connectivity index (χ1v) is 6.32. The van der Waals surface area contributed by atoms with Crippen LogP contribution in [0.25, 0.3) is 11.3 Å². The minimum absolute atomic E-state index is 1.11. The van der Waals surface area contributed by atoms with E-state index in [1.165, 1.54) is 21.7 Å². The molecule has 0 atom stereocenters. The molecule has 0 N–H and O–H groups in total. The molecule has 0 unspecified atom stereocenters. The van der Waals surface area contributed by atoms with Gasteiger partial charge in [-0.3, -0.25) is 4.99 Å². The van der Waals surface area contributed by atoms with Crippen molar-refractivity contribution in [3.8, 4) is 11.3 Å². The third-order valence-electron chi connectivity index (χ3n) is 3.19. The first kappa shape index (κ1) is 9.85. The maximum Gasteiger partial charge on any atom is 0.184 e. The van der Waals surface area contributed by atoms with Gasteiger partial charge >= 0.3 is 0 Å². The summed E-state index contributed by atoms with van der Waals surface area (Å²) >= 11 is 1.82. The minimum atomic E-state index is 1.11. The van der Waals surface area contributed by atoms with Crippen molar-refractivity contribution in [3.63, 3.8) is 0 Å². The fourth-order valence-corrected chi connectivity index (χ4v) is 3.51. The number of fused-ring (bicyclic) bond motifs is 3. The largest absolute Gasteiger partial charge is 0.320 e. The van der Waals surface area contributed by atoms with Crippen molar-refractivity contribution in [1.29, 1.82) is 0 Å². The molecule has 1 heterocycles. The van der Waals surface area contributed by atoms with Gasteiger partial charge in [0.15, 0.2) is 4.80 Å². The Hall–Kier alpha value is -1.35. The predicted octanol–water partition coefficient (Wildman–Crippen LogP) is 2.38. The molecule has 0 spiro atoms. The van der Waals surface area contributed by atoms with E-state index in [4.69, 9.17) is 0 Å². The first-order chi connectivity index (χ1) is 7.81. The molecule has 1 aliphatic rings. The summed E-state index contributed by atoms with van der Waals surface area (Å²) in [6.07, 6.45) is 2.31. The maximum atomic E-state index is 4.33. The van der Waals surface area contributed by atoms with Crippen molar-refractivity contribution in [2.45, 2.75) is 12.8 Å². The Morgan fingerprint density at radius 1 is 1.25 bits per heavy atom. The van der Waals surface area contributed by atoms with Crippen molar-refractivity contribution in [3.05, 3.63) is 39.5 Å². The summed E-state index contributed by atoms with van der Waals surface area (Å²) in [6.45, 7) is 0. The third kappa shape index (κ3) is 1.28. The number of hydrogen-bond donors (Lipinski definition) is 0. The Bertz CT molecular complexity index is 605. The van der Waals surface area contributed by atoms with Gasteiger partial charge in [-0.25, -0.2) is 0 Å². The van der Waals surface area contributed by atoms with E-state index in [-0.39, 0.29) is 0 Å². The van der Waals surface area contributed by atoms with Crippen molar-refractivity contribution in [1.82, 2.24) is 4.57 Å². The van der Waals surface area contributed by atoms with Crippen LogP contribution in [0.1, 0.15) is 10.4 Å². The number of hydrogen-bond acceptors (Lipinski definition) is 2. The van der Waals surface area contributed by atoms with Gasteiger partial charge in [0.1, 0.15) is 0 Å². The molecule has 0 saturated carbocycles. The molecule has 2 aromatic rings. The fourth-order valence-electron chi connectivity index (χ4n) is 2.42. The number of aryl methyl sites for hydroxylation is 2. The van der Waals surface area contributed by atoms with Crippen molar-refractivity contribution < 1.29 is 0 Å². The highest BCUT2D eigenvalue weighted by Gasteiger charge is 2.20. The highest BCUT2D eigenvalue weighted by molar-refractivity contribution is 7.09. The van der Waals surface area contributed by atoms with Crippen LogP contribution in [0.3, 0.4) is 0 Å². The lowest BCUT2D eigenvalue weighted by molar-refractivity contribution is 0.848. The first-order valence-electron chi connectivity index (χ1n) is 5.51. The quantitative estimate of drug-likeness (QED) is 0.661. The van der Waals surface area contributed by atoms with Crippen LogP contribution in [-0.4, -0.2) is 11.6 Å². The van der Waals surface area contributed by atoms with Gasteiger partial charge in [-0.05, 0) is 18.4 Å². The van der Waals surface area contributed by atoms with Crippen LogP contribution in [0.15, 0.2) is 29.3 Å². The topological polar surface area (TPSA) is 17.3 Å². The van der Waals surface area contributed by atoms with Gasteiger partial charge in [-0.15, -0.1) is 11.3 Å². The summed E-state index contributed by atoms with van der Waals surface area (Å²) in [5.74, 6) is 0. The number of rotatable bonds is 0. The lowest BCUT2D eigenvalue weighted by Crippen LogP contribution is -2.12. The smallest absolute Gasteiger partial charge is 0.184 e. The zero-order valence-corrected chi connectivity index (χ0v) is 10.3. The number of nitrogens with zero attached hydrogens (tertiary/aromatic N) is 2. The van der Waals surface area contributed by atoms with E-state index in [2.05, 4.69) is 40.9 Å². The molecule has 1 aromatic heterocycles. The molecule has 82 valence electrons. The minimum Gasteiger partial charge on any atom is -0.320 e. The van der Waals surface area contributed by atoms with Crippen molar-refractivity contribution in [2.24, 2.45) is 12.0 Å². The molecule has 1 aromatic carbocycles. The zero-order valence-electron chi connectivity index (χ0n) is 9.53. The van der Waals surface area contributed by atoms with E-state index in [1.807, 2.05) is 18.4 Å². The highest BCUT2D eigenvalue weighted by Crippen LogP contribution is 2.34. The molecule has 1 aliphatic carbocycles. The lowest BCUT2D eigenvalue weighted by Gasteiger charge is -2.16. The van der Waals surface area contributed by atoms with Gasteiger partial charge in [-0.2, -0.15) is 0 Å². The molecule has 0 aliphatic heterocycles. The molecule has 3 heteroatoms. The molecule has 0 fully saturated rings. The van der Waals surface area contributed by atoms with Crippen LogP contribution >= 0.6 is 11.3 Å². The Kier molecular flexibility index (Phi) is 2.21. The highest BCUT2D eigenvalue weighted by atomic mass is 32.1. The average molecular weight is 230 g/mol. The van der Waals surface area contributed by atoms with E-state index >= 15 is 0 Å². The number of aromatic nitrogens is 1. The Morgan fingerprint density at radius 3 is 2.88 bits per heavy atom. The van der Waals surface area contributed by atoms with E-state index in [9.17, 15) is 0 Å². The summed E-state index contributed by atoms with van der Waals surface area (Å²) in [4.78, 5) is 6.92. The van der Waals surface area contributed by atoms with Gasteiger partial charge in [0.05, 0.1) is 5.69 Å². The molecule has 2 nitrogen and oxygen atoms in total. The molecule has 0 bridgehead atoms. The molecule has 0 saturated heterocycles. The second kappa shape index (κ2) is 3.59. The number of benzene rings is 1. The van der Waals surface area contributed by atoms with Crippen molar-refractivity contribution in [2.75, 3.05) is 7.05 Å². The van der Waals surface area contributed by atoms with Gasteiger partial charge in [0, 0.05) is 24.5 Å². The van der Waals surface area contributed by atoms with Gasteiger partial charge in [0.2, 0.25) is 0 Å². The second-order valence-corrected chi connectivity index (χ2v) is 5.16. The normalized spacial score (nSPS) is 14.8. The van der Waals surface area contributed by atoms with Crippen LogP contribution in [0.2, 0.25) is 0 Å². The Labute approximate surface area is 98.9 Å². The SMILES string of the molecule is CN=c1sc2c(n1C)-c1ccccc1CC2. The summed E-state index contributed by atoms with van der Waals surface area (Å²) in [7, 11) is 3.98. The number of thiazole rings is 1. The summed E-state index contributed by atoms with van der Waals surface area (Å²) in [6, 6.07) is 8.70. The Balaban J connectivity index is 2.36. The second-order valence-electron chi connectivity index (χ2n) is 4.10. The Morgan fingerprint density at radius 2 is 2.06 bits per heavy atom. The van der Waals surface area contributed by atoms with E-state index in [1.54, 1.807) is 0 Å². The monoisotopic (exact) mass is 230 g/mol. The molecule has 0 amide bonds. The average Bonchev–Trinajstić information content (AvgIpc) is 2.66. The molecule has 3 rings (SSSR count). The maximum absolute atomic E-state index is 4.33. The standard InChI is InChI=1S/C13H14N2S/c1-14-13-15(2)12-10-6-4-3-5-9(10)7-8-11(12)16-13/h3-6H,7-8H2,1-2H3. The van der Waals surface area contributed by atoms with Crippen LogP contribution in [-0.2, 0) is 19.9 Å². The predicted molar refractivity (Wildman–Crippen MR) is 67.6 cm³/mol. The molecular formula is C13H14N2S. The van der Waals surface area contributed by atoms with Crippen LogP contribution < -0.4 is 4.80 Å². The zero-order chi connectivity index (χ0) is 11.1. The van der Waals surface area contributed by atoms with Gasteiger partial charge in [-0.1, -0.05) is 24.3 Å². The third-order valence-corrected chi connectivity index (χ3v) is 4.47. The molecule has 16 heavy (non-hydrogen) atoms. The van der Waals surface area contributed by atoms with Gasteiger partial charge in [0.25, 0.3) is 0 Å². The summed E-state index contributed by atoms with van der Waals surface area (Å²) in [5.41, 5.74) is 4.22. The fraction of sp³-hybridized carbons (Fsp3) is 0.308. The van der Waals surface area contributed by atoms with E-state index in [0.29, 0.717) is 0 Å². The van der Waals surface area contributed by atoms with E-state index in [0.717, 1.165) is 17.6 Å². The summed E-state index contributed by atoms with van der Waals surface area (Å²) < 4.78 is 2.22. The van der Waals surface area contributed by atoms with Crippen molar-refractivity contribution >= 4 is 11.3 Å². The van der Waals surface area contributed by atoms with Gasteiger partial charge < -0.3 is 4.57 Å². The lowest BCUT2D eigenvalue weighted by atomic mass is 9.93. The molecular weight excluding hydrogens is 216 g/mol.